The van der Waals surface area contributed by atoms with E-state index in [9.17, 15) is 9.90 Å². The molecular formula is C19H26N2O2. The molecule has 1 atom stereocenters. The van der Waals surface area contributed by atoms with Crippen molar-refractivity contribution < 1.29 is 9.90 Å². The van der Waals surface area contributed by atoms with Crippen molar-refractivity contribution in [2.75, 3.05) is 0 Å². The first-order valence-electron chi connectivity index (χ1n) is 8.50. The highest BCUT2D eigenvalue weighted by atomic mass is 16.4. The zero-order valence-electron chi connectivity index (χ0n) is 13.8. The summed E-state index contributed by atoms with van der Waals surface area (Å²) in [5, 5.41) is 10.3. The number of fused-ring (bicyclic) bond motifs is 1. The number of para-hydroxylation sites is 1. The van der Waals surface area contributed by atoms with Crippen molar-refractivity contribution in [1.29, 1.82) is 0 Å². The summed E-state index contributed by atoms with van der Waals surface area (Å²) in [5.41, 5.74) is 8.11. The standard InChI is InChI=1S/C19H26N2O2/c1-2-3-4-5-6-7-11-15-13-14-10-8-9-12-16(14)21-18(15)17(20)19(22)23/h8-10,12-13,17H,2-7,11,20H2,1H3,(H,22,23). The molecule has 23 heavy (non-hydrogen) atoms. The molecule has 0 radical (unpaired) electrons. The number of aryl methyl sites for hydroxylation is 1. The number of carboxylic acids is 1. The summed E-state index contributed by atoms with van der Waals surface area (Å²) in [6, 6.07) is 8.75. The molecular weight excluding hydrogens is 288 g/mol. The van der Waals surface area contributed by atoms with Crippen LogP contribution in [0.25, 0.3) is 10.9 Å². The third-order valence-corrected chi connectivity index (χ3v) is 4.20. The van der Waals surface area contributed by atoms with E-state index in [0.29, 0.717) is 5.69 Å². The lowest BCUT2D eigenvalue weighted by atomic mass is 9.99. The number of benzene rings is 1. The quantitative estimate of drug-likeness (QED) is 0.679. The van der Waals surface area contributed by atoms with Crippen LogP contribution in [-0.4, -0.2) is 16.1 Å². The monoisotopic (exact) mass is 314 g/mol. The Balaban J connectivity index is 2.15. The molecule has 0 saturated carbocycles. The second-order valence-electron chi connectivity index (χ2n) is 6.06. The number of nitrogens with two attached hydrogens (primary N) is 1. The predicted molar refractivity (Wildman–Crippen MR) is 93.4 cm³/mol. The molecule has 1 aromatic heterocycles. The second-order valence-corrected chi connectivity index (χ2v) is 6.06. The summed E-state index contributed by atoms with van der Waals surface area (Å²) >= 11 is 0. The number of unbranched alkanes of at least 4 members (excludes halogenated alkanes) is 5. The second kappa shape index (κ2) is 8.63. The van der Waals surface area contributed by atoms with Gasteiger partial charge in [0.05, 0.1) is 11.2 Å². The number of rotatable bonds is 9. The van der Waals surface area contributed by atoms with Gasteiger partial charge in [-0.3, -0.25) is 9.78 Å². The minimum Gasteiger partial charge on any atom is -0.480 e. The van der Waals surface area contributed by atoms with E-state index in [4.69, 9.17) is 5.73 Å². The molecule has 1 unspecified atom stereocenters. The smallest absolute Gasteiger partial charge is 0.326 e. The molecule has 0 spiro atoms. The maximum absolute atomic E-state index is 11.3. The van der Waals surface area contributed by atoms with Crippen molar-refractivity contribution in [1.82, 2.24) is 4.98 Å². The summed E-state index contributed by atoms with van der Waals surface area (Å²) in [6.07, 6.45) is 8.07. The fourth-order valence-electron chi connectivity index (χ4n) is 2.86. The summed E-state index contributed by atoms with van der Waals surface area (Å²) in [5.74, 6) is -1.03. The van der Waals surface area contributed by atoms with Gasteiger partial charge in [0.25, 0.3) is 0 Å². The van der Waals surface area contributed by atoms with Crippen molar-refractivity contribution in [2.24, 2.45) is 5.73 Å². The Morgan fingerprint density at radius 3 is 2.61 bits per heavy atom. The molecule has 0 fully saturated rings. The summed E-state index contributed by atoms with van der Waals surface area (Å²) in [4.78, 5) is 15.8. The van der Waals surface area contributed by atoms with Gasteiger partial charge < -0.3 is 10.8 Å². The Kier molecular flexibility index (Phi) is 6.53. The lowest BCUT2D eigenvalue weighted by Crippen LogP contribution is -2.23. The number of pyridine rings is 1. The van der Waals surface area contributed by atoms with E-state index in [-0.39, 0.29) is 0 Å². The fraction of sp³-hybridized carbons (Fsp3) is 0.474. The number of aromatic nitrogens is 1. The number of hydrogen-bond donors (Lipinski definition) is 2. The number of nitrogens with zero attached hydrogens (tertiary/aromatic N) is 1. The van der Waals surface area contributed by atoms with Gasteiger partial charge in [-0.15, -0.1) is 0 Å². The van der Waals surface area contributed by atoms with Crippen LogP contribution in [0.1, 0.15) is 62.7 Å². The fourth-order valence-corrected chi connectivity index (χ4v) is 2.86. The van der Waals surface area contributed by atoms with Gasteiger partial charge in [0.2, 0.25) is 0 Å². The Morgan fingerprint density at radius 1 is 1.17 bits per heavy atom. The lowest BCUT2D eigenvalue weighted by molar-refractivity contribution is -0.138. The van der Waals surface area contributed by atoms with E-state index >= 15 is 0 Å². The normalized spacial score (nSPS) is 12.4. The van der Waals surface area contributed by atoms with E-state index in [2.05, 4.69) is 11.9 Å². The van der Waals surface area contributed by atoms with E-state index in [1.54, 1.807) is 0 Å². The third kappa shape index (κ3) is 4.76. The Morgan fingerprint density at radius 2 is 1.87 bits per heavy atom. The Bertz CT molecular complexity index is 655. The molecule has 4 heteroatoms. The van der Waals surface area contributed by atoms with Gasteiger partial charge in [-0.25, -0.2) is 0 Å². The molecule has 0 amide bonds. The average molecular weight is 314 g/mol. The van der Waals surface area contributed by atoms with Crippen LogP contribution >= 0.6 is 0 Å². The minimum atomic E-state index is -1.06. The molecule has 0 aliphatic heterocycles. The number of aliphatic carboxylic acids is 1. The maximum atomic E-state index is 11.3. The van der Waals surface area contributed by atoms with Gasteiger partial charge in [0.1, 0.15) is 6.04 Å². The Labute approximate surface area is 137 Å². The molecule has 0 bridgehead atoms. The summed E-state index contributed by atoms with van der Waals surface area (Å²) < 4.78 is 0. The van der Waals surface area contributed by atoms with Gasteiger partial charge in [-0.2, -0.15) is 0 Å². The van der Waals surface area contributed by atoms with Gasteiger partial charge in [0.15, 0.2) is 0 Å². The zero-order valence-corrected chi connectivity index (χ0v) is 13.8. The molecule has 2 aromatic rings. The summed E-state index contributed by atoms with van der Waals surface area (Å²) in [7, 11) is 0. The van der Waals surface area contributed by atoms with Crippen LogP contribution in [0.15, 0.2) is 30.3 Å². The van der Waals surface area contributed by atoms with Crippen LogP contribution in [-0.2, 0) is 11.2 Å². The van der Waals surface area contributed by atoms with Crippen LogP contribution in [0, 0.1) is 0 Å². The average Bonchev–Trinajstić information content (AvgIpc) is 2.56. The number of hydrogen-bond acceptors (Lipinski definition) is 3. The summed E-state index contributed by atoms with van der Waals surface area (Å²) in [6.45, 7) is 2.21. The molecule has 4 nitrogen and oxygen atoms in total. The molecule has 0 aliphatic carbocycles. The topological polar surface area (TPSA) is 76.2 Å². The molecule has 1 heterocycles. The van der Waals surface area contributed by atoms with Crippen LogP contribution < -0.4 is 5.73 Å². The van der Waals surface area contributed by atoms with Gasteiger partial charge in [-0.1, -0.05) is 57.2 Å². The third-order valence-electron chi connectivity index (χ3n) is 4.20. The first-order chi connectivity index (χ1) is 11.1. The Hall–Kier alpha value is -1.94. The molecule has 0 saturated heterocycles. The SMILES string of the molecule is CCCCCCCCc1cc2ccccc2nc1C(N)C(=O)O. The van der Waals surface area contributed by atoms with Crippen molar-refractivity contribution in [3.63, 3.8) is 0 Å². The van der Waals surface area contributed by atoms with Crippen LogP contribution in [0.4, 0.5) is 0 Å². The molecule has 3 N–H and O–H groups in total. The largest absolute Gasteiger partial charge is 0.480 e. The molecule has 0 aliphatic rings. The number of carboxylic acid groups (broad SMARTS) is 1. The van der Waals surface area contributed by atoms with Crippen molar-refractivity contribution in [3.05, 3.63) is 41.6 Å². The van der Waals surface area contributed by atoms with Gasteiger partial charge in [-0.05, 0) is 30.5 Å². The highest BCUT2D eigenvalue weighted by Gasteiger charge is 2.20. The lowest BCUT2D eigenvalue weighted by Gasteiger charge is -2.14. The van der Waals surface area contributed by atoms with Crippen LogP contribution in [0.5, 0.6) is 0 Å². The zero-order chi connectivity index (χ0) is 16.7. The van der Waals surface area contributed by atoms with Gasteiger partial charge >= 0.3 is 5.97 Å². The van der Waals surface area contributed by atoms with E-state index in [0.717, 1.165) is 35.7 Å². The number of carbonyl (C=O) groups is 1. The molecule has 2 rings (SSSR count). The van der Waals surface area contributed by atoms with Crippen molar-refractivity contribution in [2.45, 2.75) is 57.9 Å². The minimum absolute atomic E-state index is 0.504. The van der Waals surface area contributed by atoms with E-state index in [1.165, 1.54) is 25.7 Å². The van der Waals surface area contributed by atoms with Crippen LogP contribution in [0.2, 0.25) is 0 Å². The molecule has 1 aromatic carbocycles. The maximum Gasteiger partial charge on any atom is 0.326 e. The van der Waals surface area contributed by atoms with Crippen LogP contribution in [0.3, 0.4) is 0 Å². The predicted octanol–water partition coefficient (Wildman–Crippen LogP) is 4.22. The van der Waals surface area contributed by atoms with Gasteiger partial charge in [0, 0.05) is 5.39 Å². The first-order valence-corrected chi connectivity index (χ1v) is 8.50. The van der Waals surface area contributed by atoms with Crippen molar-refractivity contribution in [3.8, 4) is 0 Å². The molecule has 124 valence electrons. The van der Waals surface area contributed by atoms with E-state index in [1.807, 2.05) is 30.3 Å². The highest BCUT2D eigenvalue weighted by molar-refractivity contribution is 5.82. The van der Waals surface area contributed by atoms with Crippen molar-refractivity contribution >= 4 is 16.9 Å². The highest BCUT2D eigenvalue weighted by Crippen LogP contribution is 2.23. The van der Waals surface area contributed by atoms with E-state index < -0.39 is 12.0 Å². The first kappa shape index (κ1) is 17.4.